The van der Waals surface area contributed by atoms with Crippen LogP contribution in [0.4, 0.5) is 0 Å². The van der Waals surface area contributed by atoms with E-state index in [9.17, 15) is 5.11 Å². The van der Waals surface area contributed by atoms with E-state index >= 15 is 0 Å². The summed E-state index contributed by atoms with van der Waals surface area (Å²) < 4.78 is 19.4. The smallest absolute Gasteiger partial charge is 0.161 e. The fourth-order valence-electron chi connectivity index (χ4n) is 4.38. The molecule has 1 aliphatic heterocycles. The Labute approximate surface area is 201 Å². The molecule has 7 heteroatoms. The lowest BCUT2D eigenvalue weighted by molar-refractivity contribution is -0.0621. The molecule has 0 amide bonds. The first-order valence-electron chi connectivity index (χ1n) is 11.9. The Balaban J connectivity index is 1.28. The number of methoxy groups -OCH3 is 1. The summed E-state index contributed by atoms with van der Waals surface area (Å²) in [5, 5.41) is 15.4. The highest BCUT2D eigenvalue weighted by molar-refractivity contribution is 5.43. The molecule has 0 spiro atoms. The maximum absolute atomic E-state index is 11.1. The number of hydrogen-bond donors (Lipinski definition) is 1. The fourth-order valence-corrected chi connectivity index (χ4v) is 4.38. The third-order valence-electron chi connectivity index (χ3n) is 6.07. The van der Waals surface area contributed by atoms with Gasteiger partial charge in [0.15, 0.2) is 11.5 Å². The third kappa shape index (κ3) is 6.74. The SMILES string of the molecule is COc1cc(CN2CCCC(O)(COc3ccccc3)C2)ccc1OCCCn1cc(C)cn1. The average molecular weight is 466 g/mol. The van der Waals surface area contributed by atoms with E-state index in [1.807, 2.05) is 66.5 Å². The molecule has 1 fully saturated rings. The van der Waals surface area contributed by atoms with Crippen molar-refractivity contribution in [3.8, 4) is 17.2 Å². The molecule has 1 aromatic heterocycles. The van der Waals surface area contributed by atoms with Gasteiger partial charge in [-0.05, 0) is 61.7 Å². The van der Waals surface area contributed by atoms with Crippen LogP contribution >= 0.6 is 0 Å². The molecular weight excluding hydrogens is 430 g/mol. The zero-order chi connectivity index (χ0) is 23.8. The number of aromatic nitrogens is 2. The molecule has 0 saturated carbocycles. The Morgan fingerprint density at radius 2 is 1.94 bits per heavy atom. The first-order chi connectivity index (χ1) is 16.5. The highest BCUT2D eigenvalue weighted by Gasteiger charge is 2.34. The summed E-state index contributed by atoms with van der Waals surface area (Å²) in [7, 11) is 1.67. The quantitative estimate of drug-likeness (QED) is 0.431. The molecule has 7 nitrogen and oxygen atoms in total. The molecule has 2 heterocycles. The maximum Gasteiger partial charge on any atom is 0.161 e. The minimum absolute atomic E-state index is 0.293. The number of aliphatic hydroxyl groups is 1. The normalized spacial score (nSPS) is 18.6. The summed E-state index contributed by atoms with van der Waals surface area (Å²) in [5.74, 6) is 2.26. The van der Waals surface area contributed by atoms with Gasteiger partial charge in [0.2, 0.25) is 0 Å². The number of nitrogens with zero attached hydrogens (tertiary/aromatic N) is 3. The van der Waals surface area contributed by atoms with Gasteiger partial charge in [0, 0.05) is 32.3 Å². The summed E-state index contributed by atoms with van der Waals surface area (Å²) >= 11 is 0. The molecule has 2 aromatic carbocycles. The van der Waals surface area contributed by atoms with Crippen LogP contribution in [-0.2, 0) is 13.1 Å². The van der Waals surface area contributed by atoms with E-state index in [4.69, 9.17) is 14.2 Å². The molecule has 182 valence electrons. The van der Waals surface area contributed by atoms with Crippen molar-refractivity contribution in [3.63, 3.8) is 0 Å². The van der Waals surface area contributed by atoms with Crippen molar-refractivity contribution >= 4 is 0 Å². The van der Waals surface area contributed by atoms with Crippen molar-refractivity contribution in [2.75, 3.05) is 33.4 Å². The van der Waals surface area contributed by atoms with Crippen molar-refractivity contribution in [3.05, 3.63) is 72.1 Å². The first kappa shape index (κ1) is 24.1. The predicted octanol–water partition coefficient (Wildman–Crippen LogP) is 4.08. The third-order valence-corrected chi connectivity index (χ3v) is 6.07. The van der Waals surface area contributed by atoms with Gasteiger partial charge in [-0.1, -0.05) is 24.3 Å². The predicted molar refractivity (Wildman–Crippen MR) is 131 cm³/mol. The molecule has 1 aliphatic rings. The van der Waals surface area contributed by atoms with Crippen molar-refractivity contribution in [1.29, 1.82) is 0 Å². The van der Waals surface area contributed by atoms with Gasteiger partial charge in [0.25, 0.3) is 0 Å². The van der Waals surface area contributed by atoms with Crippen molar-refractivity contribution in [2.45, 2.75) is 44.9 Å². The van der Waals surface area contributed by atoms with Crippen LogP contribution < -0.4 is 14.2 Å². The summed E-state index contributed by atoms with van der Waals surface area (Å²) in [6, 6.07) is 15.7. The van der Waals surface area contributed by atoms with Crippen LogP contribution in [0.15, 0.2) is 60.9 Å². The minimum atomic E-state index is -0.853. The zero-order valence-corrected chi connectivity index (χ0v) is 20.2. The standard InChI is InChI=1S/C27H35N3O4/c1-22-17-28-30(18-22)14-7-15-33-25-11-10-23(16-26(25)32-2)19-29-13-6-12-27(31,20-29)21-34-24-8-4-3-5-9-24/h3-5,8-11,16-18,31H,6-7,12-15,19-21H2,1-2H3. The van der Waals surface area contributed by atoms with E-state index in [1.54, 1.807) is 7.11 Å². The largest absolute Gasteiger partial charge is 0.493 e. The van der Waals surface area contributed by atoms with Gasteiger partial charge in [-0.3, -0.25) is 9.58 Å². The molecular formula is C27H35N3O4. The topological polar surface area (TPSA) is 69.0 Å². The van der Waals surface area contributed by atoms with E-state index in [0.717, 1.165) is 67.3 Å². The summed E-state index contributed by atoms with van der Waals surface area (Å²) in [6.07, 6.45) is 6.43. The number of piperidine rings is 1. The zero-order valence-electron chi connectivity index (χ0n) is 20.2. The number of aryl methyl sites for hydroxylation is 2. The molecule has 3 aromatic rings. The van der Waals surface area contributed by atoms with E-state index in [2.05, 4.69) is 16.1 Å². The van der Waals surface area contributed by atoms with Gasteiger partial charge in [-0.25, -0.2) is 0 Å². The molecule has 0 aliphatic carbocycles. The molecule has 0 bridgehead atoms. The van der Waals surface area contributed by atoms with E-state index in [1.165, 1.54) is 0 Å². The van der Waals surface area contributed by atoms with Gasteiger partial charge in [-0.15, -0.1) is 0 Å². The second-order valence-corrected chi connectivity index (χ2v) is 9.11. The maximum atomic E-state index is 11.1. The van der Waals surface area contributed by atoms with Crippen LogP contribution in [0.3, 0.4) is 0 Å². The van der Waals surface area contributed by atoms with E-state index in [0.29, 0.717) is 19.8 Å². The summed E-state index contributed by atoms with van der Waals surface area (Å²) in [6.45, 7) is 6.00. The molecule has 0 radical (unpaired) electrons. The van der Waals surface area contributed by atoms with E-state index in [-0.39, 0.29) is 0 Å². The van der Waals surface area contributed by atoms with Crippen LogP contribution in [0, 0.1) is 6.92 Å². The number of likely N-dealkylation sites (tertiary alicyclic amines) is 1. The number of ether oxygens (including phenoxy) is 3. The number of benzene rings is 2. The number of rotatable bonds is 11. The van der Waals surface area contributed by atoms with E-state index < -0.39 is 5.60 Å². The molecule has 1 N–H and O–H groups in total. The van der Waals surface area contributed by atoms with Crippen LogP contribution in [0.1, 0.15) is 30.4 Å². The molecule has 34 heavy (non-hydrogen) atoms. The number of para-hydroxylation sites is 1. The van der Waals surface area contributed by atoms with Crippen molar-refractivity contribution in [2.24, 2.45) is 0 Å². The lowest BCUT2D eigenvalue weighted by Crippen LogP contribution is -2.51. The molecule has 4 rings (SSSR count). The highest BCUT2D eigenvalue weighted by atomic mass is 16.5. The lowest BCUT2D eigenvalue weighted by Gasteiger charge is -2.39. The highest BCUT2D eigenvalue weighted by Crippen LogP contribution is 2.30. The Morgan fingerprint density at radius 3 is 2.71 bits per heavy atom. The van der Waals surface area contributed by atoms with Crippen molar-refractivity contribution < 1.29 is 19.3 Å². The van der Waals surface area contributed by atoms with Crippen LogP contribution in [0.25, 0.3) is 0 Å². The van der Waals surface area contributed by atoms with Gasteiger partial charge in [0.1, 0.15) is 18.0 Å². The fraction of sp³-hybridized carbons (Fsp3) is 0.444. The lowest BCUT2D eigenvalue weighted by atomic mass is 9.93. The Hall–Kier alpha value is -3.03. The monoisotopic (exact) mass is 465 g/mol. The van der Waals surface area contributed by atoms with Crippen LogP contribution in [-0.4, -0.2) is 58.8 Å². The van der Waals surface area contributed by atoms with Gasteiger partial charge in [-0.2, -0.15) is 5.10 Å². The minimum Gasteiger partial charge on any atom is -0.493 e. The van der Waals surface area contributed by atoms with Gasteiger partial charge in [0.05, 0.1) is 19.9 Å². The van der Waals surface area contributed by atoms with Crippen molar-refractivity contribution in [1.82, 2.24) is 14.7 Å². The molecule has 1 saturated heterocycles. The Bertz CT molecular complexity index is 1040. The Kier molecular flexibility index (Phi) is 8.08. The molecule has 1 unspecified atom stereocenters. The van der Waals surface area contributed by atoms with Crippen LogP contribution in [0.2, 0.25) is 0 Å². The van der Waals surface area contributed by atoms with Crippen LogP contribution in [0.5, 0.6) is 17.2 Å². The molecule has 1 atom stereocenters. The summed E-state index contributed by atoms with van der Waals surface area (Å²) in [5.41, 5.74) is 1.44. The number of hydrogen-bond acceptors (Lipinski definition) is 6. The summed E-state index contributed by atoms with van der Waals surface area (Å²) in [4.78, 5) is 2.28. The second kappa shape index (κ2) is 11.4. The first-order valence-corrected chi connectivity index (χ1v) is 11.9. The van der Waals surface area contributed by atoms with Gasteiger partial charge >= 0.3 is 0 Å². The van der Waals surface area contributed by atoms with Gasteiger partial charge < -0.3 is 19.3 Å². The Morgan fingerprint density at radius 1 is 1.09 bits per heavy atom. The average Bonchev–Trinajstić information content (AvgIpc) is 3.27. The number of β-amino-alcohol motifs (C(OH)–C–C–N with tert-alkyl or cyclic N) is 1. The second-order valence-electron chi connectivity index (χ2n) is 9.11.